The van der Waals surface area contributed by atoms with Crippen molar-refractivity contribution in [3.05, 3.63) is 188 Å². The van der Waals surface area contributed by atoms with E-state index in [4.69, 9.17) is 28.8 Å². The fraction of sp³-hybridized carbons (Fsp3) is 0. The number of fused-ring (bicyclic) bond motifs is 12. The summed E-state index contributed by atoms with van der Waals surface area (Å²) in [5.41, 5.74) is 9.83. The molecule has 0 radical (unpaired) electrons. The van der Waals surface area contributed by atoms with Crippen molar-refractivity contribution in [2.75, 3.05) is 0 Å². The van der Waals surface area contributed by atoms with Gasteiger partial charge in [-0.2, -0.15) is 0 Å². The summed E-state index contributed by atoms with van der Waals surface area (Å²) >= 11 is 0. The number of benzene rings is 9. The van der Waals surface area contributed by atoms with Gasteiger partial charge in [0.2, 0.25) is 0 Å². The van der Waals surface area contributed by atoms with E-state index in [2.05, 4.69) is 126 Å². The Morgan fingerprint density at radius 2 is 0.770 bits per heavy atom. The van der Waals surface area contributed by atoms with Gasteiger partial charge >= 0.3 is 0 Å². The van der Waals surface area contributed by atoms with E-state index in [0.717, 1.165) is 99.4 Å². The van der Waals surface area contributed by atoms with Gasteiger partial charge in [-0.1, -0.05) is 127 Å². The predicted molar refractivity (Wildman–Crippen MR) is 246 cm³/mol. The summed E-state index contributed by atoms with van der Waals surface area (Å²) in [5.74, 6) is 2.53. The van der Waals surface area contributed by atoms with Crippen LogP contribution in [0.3, 0.4) is 0 Å². The SMILES string of the molecule is c1ccc(-c2nc3c4ccccc4c4ccccc4c3n2-c2cccc(-c3nc(-c4ccc5oc6ccccc6c5c4)nc(-c4ccc5oc6ccccc6c5c4)n3)c2)cc1. The largest absolute Gasteiger partial charge is 0.456 e. The molecule has 284 valence electrons. The average Bonchev–Trinajstić information content (AvgIpc) is 4.04. The Labute approximate surface area is 347 Å². The number of nitrogens with zero attached hydrogens (tertiary/aromatic N) is 5. The zero-order chi connectivity index (χ0) is 40.0. The molecule has 13 rings (SSSR count). The molecule has 0 spiro atoms. The highest BCUT2D eigenvalue weighted by atomic mass is 16.3. The lowest BCUT2D eigenvalue weighted by Crippen LogP contribution is -2.02. The van der Waals surface area contributed by atoms with Crippen LogP contribution in [-0.4, -0.2) is 24.5 Å². The Morgan fingerprint density at radius 3 is 1.38 bits per heavy atom. The van der Waals surface area contributed by atoms with E-state index in [0.29, 0.717) is 17.5 Å². The van der Waals surface area contributed by atoms with E-state index in [9.17, 15) is 0 Å². The zero-order valence-corrected chi connectivity index (χ0v) is 32.5. The number of aromatic nitrogens is 5. The maximum Gasteiger partial charge on any atom is 0.164 e. The topological polar surface area (TPSA) is 82.8 Å². The van der Waals surface area contributed by atoms with Crippen LogP contribution in [0.25, 0.3) is 128 Å². The van der Waals surface area contributed by atoms with E-state index >= 15 is 0 Å². The Morgan fingerprint density at radius 1 is 0.311 bits per heavy atom. The second-order valence-corrected chi connectivity index (χ2v) is 15.4. The third kappa shape index (κ3) is 5.24. The highest BCUT2D eigenvalue weighted by molar-refractivity contribution is 6.24. The standard InChI is InChI=1S/C54H31N5O2/c1-2-13-32(14-3-1)54-55-49-41-21-6-4-17-37(41)38-18-5-7-22-42(38)50(49)59(54)36-16-12-15-33(29-36)51-56-52(34-25-27-47-43(30-34)39-19-8-10-23-45(39)60-47)58-53(57-51)35-26-28-48-44(31-35)40-20-9-11-24-46(40)61-48/h1-31H. The van der Waals surface area contributed by atoms with Crippen molar-refractivity contribution in [1.29, 1.82) is 0 Å². The molecule has 0 atom stereocenters. The van der Waals surface area contributed by atoms with Gasteiger partial charge in [-0.05, 0) is 71.4 Å². The first-order valence-electron chi connectivity index (χ1n) is 20.3. The van der Waals surface area contributed by atoms with Crippen LogP contribution in [0.5, 0.6) is 0 Å². The van der Waals surface area contributed by atoms with Gasteiger partial charge in [0, 0.05) is 60.3 Å². The van der Waals surface area contributed by atoms with Gasteiger partial charge in [-0.15, -0.1) is 0 Å². The number of rotatable bonds is 5. The summed E-state index contributed by atoms with van der Waals surface area (Å²) < 4.78 is 14.7. The van der Waals surface area contributed by atoms with Gasteiger partial charge in [0.15, 0.2) is 17.5 Å². The van der Waals surface area contributed by atoms with Gasteiger partial charge < -0.3 is 8.83 Å². The molecule has 0 saturated heterocycles. The molecular weight excluding hydrogens is 751 g/mol. The van der Waals surface area contributed by atoms with E-state index in [1.165, 1.54) is 10.8 Å². The molecule has 13 aromatic rings. The third-order valence-electron chi connectivity index (χ3n) is 11.8. The average molecular weight is 782 g/mol. The first-order valence-corrected chi connectivity index (χ1v) is 20.3. The maximum atomic E-state index is 6.20. The molecule has 0 bridgehead atoms. The van der Waals surface area contributed by atoms with E-state index in [1.807, 2.05) is 66.7 Å². The monoisotopic (exact) mass is 781 g/mol. The van der Waals surface area contributed by atoms with Crippen molar-refractivity contribution >= 4 is 76.5 Å². The number of hydrogen-bond donors (Lipinski definition) is 0. The minimum Gasteiger partial charge on any atom is -0.456 e. The minimum absolute atomic E-state index is 0.553. The second-order valence-electron chi connectivity index (χ2n) is 15.4. The molecule has 0 aliphatic carbocycles. The smallest absolute Gasteiger partial charge is 0.164 e. The highest BCUT2D eigenvalue weighted by Crippen LogP contribution is 2.40. The minimum atomic E-state index is 0.553. The Balaban J connectivity index is 1.05. The van der Waals surface area contributed by atoms with Gasteiger partial charge in [-0.25, -0.2) is 19.9 Å². The van der Waals surface area contributed by atoms with Crippen LogP contribution < -0.4 is 0 Å². The van der Waals surface area contributed by atoms with Gasteiger partial charge in [0.25, 0.3) is 0 Å². The van der Waals surface area contributed by atoms with Crippen molar-refractivity contribution in [3.63, 3.8) is 0 Å². The molecule has 0 unspecified atom stereocenters. The van der Waals surface area contributed by atoms with Crippen LogP contribution in [0, 0.1) is 0 Å². The normalized spacial score (nSPS) is 11.9. The van der Waals surface area contributed by atoms with Crippen LogP contribution in [0.4, 0.5) is 0 Å². The molecule has 0 amide bonds. The van der Waals surface area contributed by atoms with E-state index < -0.39 is 0 Å². The molecule has 4 heterocycles. The number of imidazole rings is 1. The molecular formula is C54H31N5O2. The summed E-state index contributed by atoms with van der Waals surface area (Å²) in [6, 6.07) is 64.5. The lowest BCUT2D eigenvalue weighted by atomic mass is 10.00. The lowest BCUT2D eigenvalue weighted by Gasteiger charge is -2.14. The Kier molecular flexibility index (Phi) is 7.17. The molecule has 0 aliphatic rings. The molecule has 0 saturated carbocycles. The van der Waals surface area contributed by atoms with Crippen molar-refractivity contribution in [2.24, 2.45) is 0 Å². The van der Waals surface area contributed by atoms with Crippen LogP contribution in [0.2, 0.25) is 0 Å². The van der Waals surface area contributed by atoms with E-state index in [1.54, 1.807) is 0 Å². The summed E-state index contributed by atoms with van der Waals surface area (Å²) in [6.45, 7) is 0. The lowest BCUT2D eigenvalue weighted by molar-refractivity contribution is 0.668. The molecule has 9 aromatic carbocycles. The van der Waals surface area contributed by atoms with Crippen molar-refractivity contribution < 1.29 is 8.83 Å². The first kappa shape index (κ1) is 33.5. The molecule has 0 N–H and O–H groups in total. The summed E-state index contributed by atoms with van der Waals surface area (Å²) in [6.07, 6.45) is 0. The van der Waals surface area contributed by atoms with Crippen molar-refractivity contribution in [2.45, 2.75) is 0 Å². The predicted octanol–water partition coefficient (Wildman–Crippen LogP) is 14.0. The Bertz CT molecular complexity index is 3770. The van der Waals surface area contributed by atoms with Crippen LogP contribution in [-0.2, 0) is 0 Å². The number of furan rings is 2. The van der Waals surface area contributed by atoms with Crippen molar-refractivity contribution in [3.8, 4) is 51.2 Å². The highest BCUT2D eigenvalue weighted by Gasteiger charge is 2.22. The summed E-state index contributed by atoms with van der Waals surface area (Å²) in [7, 11) is 0. The van der Waals surface area contributed by atoms with Crippen molar-refractivity contribution in [1.82, 2.24) is 24.5 Å². The molecule has 4 aromatic heterocycles. The molecule has 61 heavy (non-hydrogen) atoms. The first-order chi connectivity index (χ1) is 30.2. The summed E-state index contributed by atoms with van der Waals surface area (Å²) in [4.78, 5) is 21.1. The number of hydrogen-bond acceptors (Lipinski definition) is 6. The fourth-order valence-corrected chi connectivity index (χ4v) is 9.02. The Hall–Kier alpha value is -8.42. The van der Waals surface area contributed by atoms with E-state index in [-0.39, 0.29) is 0 Å². The third-order valence-corrected chi connectivity index (χ3v) is 11.8. The molecule has 7 nitrogen and oxygen atoms in total. The second kappa shape index (κ2) is 13.0. The van der Waals surface area contributed by atoms with Crippen LogP contribution in [0.1, 0.15) is 0 Å². The van der Waals surface area contributed by atoms with Crippen LogP contribution in [0.15, 0.2) is 197 Å². The van der Waals surface area contributed by atoms with Gasteiger partial charge in [0.1, 0.15) is 28.2 Å². The fourth-order valence-electron chi connectivity index (χ4n) is 9.02. The summed E-state index contributed by atoms with van der Waals surface area (Å²) in [5, 5.41) is 8.69. The van der Waals surface area contributed by atoms with Gasteiger partial charge in [-0.3, -0.25) is 4.57 Å². The zero-order valence-electron chi connectivity index (χ0n) is 32.5. The quantitative estimate of drug-likeness (QED) is 0.162. The number of para-hydroxylation sites is 2. The van der Waals surface area contributed by atoms with Gasteiger partial charge in [0.05, 0.1) is 11.0 Å². The molecule has 0 fully saturated rings. The molecule has 0 aliphatic heterocycles. The van der Waals surface area contributed by atoms with Crippen LogP contribution >= 0.6 is 0 Å². The maximum absolute atomic E-state index is 6.20. The molecule has 7 heteroatoms.